The standard InChI is InChI=1S/C13H16N2O4/c1-13(12(14)19)5-6-15(7-13)11(18)10-8(16)3-2-4-9(10)17/h2-4,16-17H,5-7H2,1H3,(H2,14,19). The van der Waals surface area contributed by atoms with Crippen molar-refractivity contribution >= 4 is 11.8 Å². The second-order valence-electron chi connectivity index (χ2n) is 5.07. The van der Waals surface area contributed by atoms with Gasteiger partial charge in [0.2, 0.25) is 5.91 Å². The molecule has 1 fully saturated rings. The first kappa shape index (κ1) is 13.2. The summed E-state index contributed by atoms with van der Waals surface area (Å²) in [5.74, 6) is -1.51. The Balaban J connectivity index is 2.25. The molecule has 6 nitrogen and oxygen atoms in total. The number of rotatable bonds is 2. The third-order valence-corrected chi connectivity index (χ3v) is 3.59. The number of benzene rings is 1. The van der Waals surface area contributed by atoms with Gasteiger partial charge in [-0.2, -0.15) is 0 Å². The maximum absolute atomic E-state index is 12.3. The van der Waals surface area contributed by atoms with Gasteiger partial charge in [0.05, 0.1) is 5.41 Å². The minimum absolute atomic E-state index is 0.142. The van der Waals surface area contributed by atoms with Gasteiger partial charge in [-0.1, -0.05) is 6.07 Å². The molecule has 1 aliphatic rings. The number of phenols is 2. The molecule has 1 atom stereocenters. The van der Waals surface area contributed by atoms with Gasteiger partial charge in [-0.15, -0.1) is 0 Å². The van der Waals surface area contributed by atoms with E-state index in [2.05, 4.69) is 0 Å². The molecule has 0 radical (unpaired) electrons. The molecule has 1 aromatic rings. The normalized spacial score (nSPS) is 22.5. The van der Waals surface area contributed by atoms with Crippen molar-refractivity contribution < 1.29 is 19.8 Å². The van der Waals surface area contributed by atoms with Crippen molar-refractivity contribution in [3.05, 3.63) is 23.8 Å². The van der Waals surface area contributed by atoms with Gasteiger partial charge in [-0.05, 0) is 25.5 Å². The Hall–Kier alpha value is -2.24. The van der Waals surface area contributed by atoms with Crippen LogP contribution < -0.4 is 5.73 Å². The highest BCUT2D eigenvalue weighted by molar-refractivity contribution is 6.00. The molecule has 0 saturated carbocycles. The van der Waals surface area contributed by atoms with Crippen molar-refractivity contribution in [3.63, 3.8) is 0 Å². The first-order valence-corrected chi connectivity index (χ1v) is 5.95. The number of aromatic hydroxyl groups is 2. The Morgan fingerprint density at radius 2 is 1.89 bits per heavy atom. The molecule has 1 aromatic carbocycles. The predicted octanol–water partition coefficient (Wildman–Crippen LogP) is 0.435. The van der Waals surface area contributed by atoms with Crippen LogP contribution in [-0.4, -0.2) is 40.0 Å². The van der Waals surface area contributed by atoms with Gasteiger partial charge in [0.25, 0.3) is 5.91 Å². The number of likely N-dealkylation sites (tertiary alicyclic amines) is 1. The van der Waals surface area contributed by atoms with Gasteiger partial charge in [0.1, 0.15) is 17.1 Å². The van der Waals surface area contributed by atoms with E-state index in [1.807, 2.05) is 0 Å². The van der Waals surface area contributed by atoms with Crippen molar-refractivity contribution in [1.82, 2.24) is 4.90 Å². The van der Waals surface area contributed by atoms with Crippen molar-refractivity contribution in [2.45, 2.75) is 13.3 Å². The van der Waals surface area contributed by atoms with Gasteiger partial charge in [-0.3, -0.25) is 9.59 Å². The lowest BCUT2D eigenvalue weighted by Gasteiger charge is -2.21. The number of carbonyl (C=O) groups is 2. The minimum atomic E-state index is -0.754. The van der Waals surface area contributed by atoms with Gasteiger partial charge < -0.3 is 20.8 Å². The first-order valence-electron chi connectivity index (χ1n) is 5.95. The lowest BCUT2D eigenvalue weighted by Crippen LogP contribution is -2.38. The smallest absolute Gasteiger partial charge is 0.261 e. The van der Waals surface area contributed by atoms with Crippen LogP contribution in [0.3, 0.4) is 0 Å². The average molecular weight is 264 g/mol. The quantitative estimate of drug-likeness (QED) is 0.720. The fourth-order valence-electron chi connectivity index (χ4n) is 2.24. The third-order valence-electron chi connectivity index (χ3n) is 3.59. The number of primary amides is 1. The van der Waals surface area contributed by atoms with Crippen LogP contribution in [0.5, 0.6) is 11.5 Å². The zero-order valence-electron chi connectivity index (χ0n) is 10.6. The number of carbonyl (C=O) groups excluding carboxylic acids is 2. The van der Waals surface area contributed by atoms with Crippen molar-refractivity contribution in [2.24, 2.45) is 11.1 Å². The van der Waals surface area contributed by atoms with Crippen LogP contribution >= 0.6 is 0 Å². The van der Waals surface area contributed by atoms with Crippen LogP contribution in [0, 0.1) is 5.41 Å². The highest BCUT2D eigenvalue weighted by Crippen LogP contribution is 2.34. The molecule has 0 spiro atoms. The number of nitrogens with zero attached hydrogens (tertiary/aromatic N) is 1. The molecule has 0 bridgehead atoms. The van der Waals surface area contributed by atoms with E-state index in [-0.39, 0.29) is 23.6 Å². The van der Waals surface area contributed by atoms with E-state index in [4.69, 9.17) is 5.73 Å². The molecule has 19 heavy (non-hydrogen) atoms. The van der Waals surface area contributed by atoms with Crippen molar-refractivity contribution in [3.8, 4) is 11.5 Å². The summed E-state index contributed by atoms with van der Waals surface area (Å²) in [5.41, 5.74) is 4.42. The van der Waals surface area contributed by atoms with E-state index >= 15 is 0 Å². The lowest BCUT2D eigenvalue weighted by molar-refractivity contribution is -0.126. The monoisotopic (exact) mass is 264 g/mol. The zero-order valence-corrected chi connectivity index (χ0v) is 10.6. The summed E-state index contributed by atoms with van der Waals surface area (Å²) in [6.45, 7) is 2.26. The summed E-state index contributed by atoms with van der Waals surface area (Å²) < 4.78 is 0. The van der Waals surface area contributed by atoms with Gasteiger partial charge in [0.15, 0.2) is 0 Å². The molecular formula is C13H16N2O4. The van der Waals surface area contributed by atoms with E-state index in [9.17, 15) is 19.8 Å². The van der Waals surface area contributed by atoms with Crippen LogP contribution in [0.15, 0.2) is 18.2 Å². The highest BCUT2D eigenvalue weighted by Gasteiger charge is 2.41. The number of amides is 2. The highest BCUT2D eigenvalue weighted by atomic mass is 16.3. The second kappa shape index (κ2) is 4.46. The number of nitrogens with two attached hydrogens (primary N) is 1. The van der Waals surface area contributed by atoms with Crippen LogP contribution in [0.4, 0.5) is 0 Å². The topological polar surface area (TPSA) is 104 Å². The Bertz CT molecular complexity index is 523. The van der Waals surface area contributed by atoms with Crippen LogP contribution in [0.25, 0.3) is 0 Å². The minimum Gasteiger partial charge on any atom is -0.507 e. The first-order chi connectivity index (χ1) is 8.85. The summed E-state index contributed by atoms with van der Waals surface area (Å²) in [6.07, 6.45) is 0.475. The molecule has 0 aromatic heterocycles. The summed E-state index contributed by atoms with van der Waals surface area (Å²) in [5, 5.41) is 19.3. The Morgan fingerprint density at radius 3 is 2.37 bits per heavy atom. The summed E-state index contributed by atoms with van der Waals surface area (Å²) in [4.78, 5) is 25.0. The van der Waals surface area contributed by atoms with E-state index in [0.717, 1.165) is 0 Å². The van der Waals surface area contributed by atoms with E-state index in [0.29, 0.717) is 13.0 Å². The van der Waals surface area contributed by atoms with E-state index < -0.39 is 17.2 Å². The Labute approximate surface area is 110 Å². The fraction of sp³-hybridized carbons (Fsp3) is 0.385. The lowest BCUT2D eigenvalue weighted by atomic mass is 9.89. The van der Waals surface area contributed by atoms with E-state index in [1.165, 1.54) is 23.1 Å². The summed E-state index contributed by atoms with van der Waals surface area (Å²) >= 11 is 0. The SMILES string of the molecule is CC1(C(N)=O)CCN(C(=O)c2c(O)cccc2O)C1. The van der Waals surface area contributed by atoms with Gasteiger partial charge in [0, 0.05) is 13.1 Å². The number of hydrogen-bond acceptors (Lipinski definition) is 4. The van der Waals surface area contributed by atoms with E-state index in [1.54, 1.807) is 6.92 Å². The van der Waals surface area contributed by atoms with Crippen LogP contribution in [-0.2, 0) is 4.79 Å². The number of hydrogen-bond donors (Lipinski definition) is 3. The molecule has 0 aliphatic carbocycles. The largest absolute Gasteiger partial charge is 0.507 e. The van der Waals surface area contributed by atoms with Crippen LogP contribution in [0.2, 0.25) is 0 Å². The molecule has 2 amide bonds. The second-order valence-corrected chi connectivity index (χ2v) is 5.07. The molecular weight excluding hydrogens is 248 g/mol. The molecule has 6 heteroatoms. The van der Waals surface area contributed by atoms with Gasteiger partial charge >= 0.3 is 0 Å². The number of phenolic OH excluding ortho intramolecular Hbond substituents is 2. The molecule has 1 saturated heterocycles. The van der Waals surface area contributed by atoms with Crippen molar-refractivity contribution in [1.29, 1.82) is 0 Å². The molecule has 102 valence electrons. The zero-order chi connectivity index (χ0) is 14.2. The maximum Gasteiger partial charge on any atom is 0.261 e. The molecule has 1 unspecified atom stereocenters. The molecule has 1 heterocycles. The summed E-state index contributed by atoms with van der Waals surface area (Å²) in [6, 6.07) is 4.10. The van der Waals surface area contributed by atoms with Gasteiger partial charge in [-0.25, -0.2) is 0 Å². The van der Waals surface area contributed by atoms with Crippen molar-refractivity contribution in [2.75, 3.05) is 13.1 Å². The molecule has 4 N–H and O–H groups in total. The Kier molecular flexibility index (Phi) is 3.09. The van der Waals surface area contributed by atoms with Crippen LogP contribution in [0.1, 0.15) is 23.7 Å². The fourth-order valence-corrected chi connectivity index (χ4v) is 2.24. The average Bonchev–Trinajstić information content (AvgIpc) is 2.73. The summed E-state index contributed by atoms with van der Waals surface area (Å²) in [7, 11) is 0. The third kappa shape index (κ3) is 2.21. The molecule has 2 rings (SSSR count). The maximum atomic E-state index is 12.3. The molecule has 1 aliphatic heterocycles. The predicted molar refractivity (Wildman–Crippen MR) is 67.6 cm³/mol. The Morgan fingerprint density at radius 1 is 1.32 bits per heavy atom.